The SMILES string of the molecule is O=[N+]([O-])c1cccc(C2N(Cc3ccccc3)c3ccccc3-c3nc4ccccc4n32)c1. The average molecular weight is 432 g/mol. The first-order valence-electron chi connectivity index (χ1n) is 10.8. The van der Waals surface area contributed by atoms with Crippen molar-refractivity contribution >= 4 is 22.4 Å². The van der Waals surface area contributed by atoms with Crippen LogP contribution in [0.25, 0.3) is 22.4 Å². The summed E-state index contributed by atoms with van der Waals surface area (Å²) in [6, 6.07) is 33.5. The zero-order chi connectivity index (χ0) is 22.4. The predicted octanol–water partition coefficient (Wildman–Crippen LogP) is 6.18. The van der Waals surface area contributed by atoms with Gasteiger partial charge in [0.05, 0.1) is 16.0 Å². The van der Waals surface area contributed by atoms with Crippen molar-refractivity contribution in [2.45, 2.75) is 12.7 Å². The van der Waals surface area contributed by atoms with Gasteiger partial charge in [0.1, 0.15) is 12.0 Å². The van der Waals surface area contributed by atoms with Gasteiger partial charge in [0.15, 0.2) is 0 Å². The Kier molecular flexibility index (Phi) is 4.43. The molecule has 0 spiro atoms. The third-order valence-corrected chi connectivity index (χ3v) is 6.16. The highest BCUT2D eigenvalue weighted by Gasteiger charge is 2.34. The number of benzene rings is 4. The van der Waals surface area contributed by atoms with Gasteiger partial charge in [0.2, 0.25) is 0 Å². The molecule has 5 aromatic rings. The van der Waals surface area contributed by atoms with Crippen LogP contribution in [0.15, 0.2) is 103 Å². The molecule has 0 fully saturated rings. The van der Waals surface area contributed by atoms with Gasteiger partial charge in [-0.15, -0.1) is 0 Å². The summed E-state index contributed by atoms with van der Waals surface area (Å²) in [5, 5.41) is 11.6. The number of nitro benzene ring substituents is 1. The molecule has 1 aliphatic heterocycles. The fourth-order valence-corrected chi connectivity index (χ4v) is 4.75. The van der Waals surface area contributed by atoms with Crippen LogP contribution in [0.1, 0.15) is 17.3 Å². The zero-order valence-corrected chi connectivity index (χ0v) is 17.7. The minimum Gasteiger partial charge on any atom is -0.342 e. The summed E-state index contributed by atoms with van der Waals surface area (Å²) < 4.78 is 2.21. The largest absolute Gasteiger partial charge is 0.342 e. The highest BCUT2D eigenvalue weighted by atomic mass is 16.6. The first-order chi connectivity index (χ1) is 16.2. The van der Waals surface area contributed by atoms with Crippen LogP contribution in [0, 0.1) is 10.1 Å². The van der Waals surface area contributed by atoms with E-state index in [0.717, 1.165) is 39.2 Å². The summed E-state index contributed by atoms with van der Waals surface area (Å²) in [4.78, 5) is 18.5. The summed E-state index contributed by atoms with van der Waals surface area (Å²) in [5.41, 5.74) is 6.09. The molecule has 0 saturated carbocycles. The number of fused-ring (bicyclic) bond motifs is 5. The number of anilines is 1. The van der Waals surface area contributed by atoms with Crippen LogP contribution in [0.2, 0.25) is 0 Å². The fourth-order valence-electron chi connectivity index (χ4n) is 4.75. The van der Waals surface area contributed by atoms with E-state index in [-0.39, 0.29) is 16.8 Å². The van der Waals surface area contributed by atoms with Crippen LogP contribution in [-0.4, -0.2) is 14.5 Å². The Hall–Kier alpha value is -4.45. The Bertz CT molecular complexity index is 1490. The number of aromatic nitrogens is 2. The van der Waals surface area contributed by atoms with Crippen molar-refractivity contribution in [3.05, 3.63) is 124 Å². The molecule has 1 aliphatic rings. The maximum absolute atomic E-state index is 11.6. The van der Waals surface area contributed by atoms with Crippen LogP contribution in [0.5, 0.6) is 0 Å². The first-order valence-corrected chi connectivity index (χ1v) is 10.8. The molecule has 160 valence electrons. The van der Waals surface area contributed by atoms with Gasteiger partial charge in [-0.1, -0.05) is 66.7 Å². The number of rotatable bonds is 4. The Labute approximate surface area is 190 Å². The number of nitrogens with zero attached hydrogens (tertiary/aromatic N) is 4. The molecule has 0 bridgehead atoms. The van der Waals surface area contributed by atoms with Gasteiger partial charge in [-0.2, -0.15) is 0 Å². The van der Waals surface area contributed by atoms with Crippen molar-refractivity contribution in [1.82, 2.24) is 9.55 Å². The van der Waals surface area contributed by atoms with Crippen molar-refractivity contribution in [3.8, 4) is 11.4 Å². The second-order valence-corrected chi connectivity index (χ2v) is 8.15. The third-order valence-electron chi connectivity index (χ3n) is 6.16. The Morgan fingerprint density at radius 1 is 0.848 bits per heavy atom. The maximum Gasteiger partial charge on any atom is 0.269 e. The molecule has 6 heteroatoms. The van der Waals surface area contributed by atoms with E-state index in [0.29, 0.717) is 6.54 Å². The fraction of sp³-hybridized carbons (Fsp3) is 0.0741. The topological polar surface area (TPSA) is 64.2 Å². The monoisotopic (exact) mass is 432 g/mol. The number of nitro groups is 1. The molecule has 1 atom stereocenters. The zero-order valence-electron chi connectivity index (χ0n) is 17.7. The standard InChI is InChI=1S/C27H20N4O2/c32-31(33)21-12-8-11-20(17-21)27-29(18-19-9-2-1-3-10-19)24-15-6-4-13-22(24)26-28-23-14-5-7-16-25(23)30(26)27/h1-17,27H,18H2. The van der Waals surface area contributed by atoms with Gasteiger partial charge in [0.25, 0.3) is 5.69 Å². The van der Waals surface area contributed by atoms with Gasteiger partial charge in [0, 0.05) is 35.5 Å². The van der Waals surface area contributed by atoms with E-state index in [1.807, 2.05) is 54.6 Å². The lowest BCUT2D eigenvalue weighted by atomic mass is 10.0. The number of hydrogen-bond donors (Lipinski definition) is 0. The van der Waals surface area contributed by atoms with Crippen LogP contribution < -0.4 is 4.90 Å². The first kappa shape index (κ1) is 19.3. The molecule has 2 heterocycles. The van der Waals surface area contributed by atoms with E-state index in [1.54, 1.807) is 12.1 Å². The molecule has 1 unspecified atom stereocenters. The molecule has 6 nitrogen and oxygen atoms in total. The lowest BCUT2D eigenvalue weighted by Crippen LogP contribution is -2.36. The molecule has 33 heavy (non-hydrogen) atoms. The van der Waals surface area contributed by atoms with Crippen LogP contribution in [-0.2, 0) is 6.54 Å². The van der Waals surface area contributed by atoms with E-state index in [2.05, 4.69) is 39.8 Å². The smallest absolute Gasteiger partial charge is 0.269 e. The van der Waals surface area contributed by atoms with E-state index in [4.69, 9.17) is 4.98 Å². The second kappa shape index (κ2) is 7.60. The lowest BCUT2D eigenvalue weighted by Gasteiger charge is -2.40. The van der Waals surface area contributed by atoms with Gasteiger partial charge in [-0.3, -0.25) is 14.7 Å². The molecule has 0 radical (unpaired) electrons. The number of imidazole rings is 1. The maximum atomic E-state index is 11.6. The minimum atomic E-state index is -0.339. The van der Waals surface area contributed by atoms with Gasteiger partial charge >= 0.3 is 0 Å². The molecule has 1 aromatic heterocycles. The van der Waals surface area contributed by atoms with Crippen molar-refractivity contribution in [3.63, 3.8) is 0 Å². The Morgan fingerprint density at radius 2 is 1.61 bits per heavy atom. The molecule has 6 rings (SSSR count). The third kappa shape index (κ3) is 3.15. The van der Waals surface area contributed by atoms with Gasteiger partial charge in [-0.05, 0) is 29.8 Å². The molecular formula is C27H20N4O2. The summed E-state index contributed by atoms with van der Waals surface area (Å²) in [6.07, 6.45) is -0.289. The van der Waals surface area contributed by atoms with Gasteiger partial charge in [-0.25, -0.2) is 4.98 Å². The summed E-state index contributed by atoms with van der Waals surface area (Å²) in [7, 11) is 0. The normalized spacial score (nSPS) is 14.7. The van der Waals surface area contributed by atoms with Crippen LogP contribution in [0.3, 0.4) is 0 Å². The molecule has 0 aliphatic carbocycles. The van der Waals surface area contributed by atoms with Gasteiger partial charge < -0.3 is 4.90 Å². The van der Waals surface area contributed by atoms with E-state index >= 15 is 0 Å². The van der Waals surface area contributed by atoms with Crippen LogP contribution in [0.4, 0.5) is 11.4 Å². The average Bonchev–Trinajstić information content (AvgIpc) is 3.24. The number of hydrogen-bond acceptors (Lipinski definition) is 4. The highest BCUT2D eigenvalue weighted by molar-refractivity contribution is 5.87. The number of para-hydroxylation sites is 3. The van der Waals surface area contributed by atoms with Crippen molar-refractivity contribution in [2.75, 3.05) is 4.90 Å². The Morgan fingerprint density at radius 3 is 2.45 bits per heavy atom. The minimum absolute atomic E-state index is 0.0805. The lowest BCUT2D eigenvalue weighted by molar-refractivity contribution is -0.384. The van der Waals surface area contributed by atoms with Crippen molar-refractivity contribution < 1.29 is 4.92 Å². The molecule has 4 aromatic carbocycles. The summed E-state index contributed by atoms with van der Waals surface area (Å²) in [5.74, 6) is 0.868. The van der Waals surface area contributed by atoms with Crippen molar-refractivity contribution in [2.24, 2.45) is 0 Å². The van der Waals surface area contributed by atoms with E-state index in [9.17, 15) is 10.1 Å². The van der Waals surface area contributed by atoms with Crippen LogP contribution >= 0.6 is 0 Å². The van der Waals surface area contributed by atoms with E-state index < -0.39 is 0 Å². The molecule has 0 saturated heterocycles. The second-order valence-electron chi connectivity index (χ2n) is 8.15. The highest BCUT2D eigenvalue weighted by Crippen LogP contribution is 2.45. The molecule has 0 N–H and O–H groups in total. The quantitative estimate of drug-likeness (QED) is 0.251. The number of non-ortho nitro benzene ring substituents is 1. The Balaban J connectivity index is 1.65. The van der Waals surface area contributed by atoms with Crippen molar-refractivity contribution in [1.29, 1.82) is 0 Å². The molecule has 0 amide bonds. The summed E-state index contributed by atoms with van der Waals surface area (Å²) >= 11 is 0. The van der Waals surface area contributed by atoms with E-state index in [1.165, 1.54) is 6.07 Å². The predicted molar refractivity (Wildman–Crippen MR) is 129 cm³/mol. The summed E-state index contributed by atoms with van der Waals surface area (Å²) in [6.45, 7) is 0.650. The molecular weight excluding hydrogens is 412 g/mol.